The van der Waals surface area contributed by atoms with Crippen LogP contribution in [0.5, 0.6) is 0 Å². The number of esters is 1. The van der Waals surface area contributed by atoms with Gasteiger partial charge in [0.15, 0.2) is 5.69 Å². The molecule has 8 heteroatoms. The summed E-state index contributed by atoms with van der Waals surface area (Å²) in [6.07, 6.45) is 0. The van der Waals surface area contributed by atoms with Crippen LogP contribution in [-0.2, 0) is 13.8 Å². The van der Waals surface area contributed by atoms with E-state index >= 15 is 0 Å². The molecular formula is C18H15ClN2O4S. The van der Waals surface area contributed by atoms with E-state index in [9.17, 15) is 13.2 Å². The smallest absolute Gasteiger partial charge is 0.357 e. The first-order valence-corrected chi connectivity index (χ1v) is 10.1. The molecule has 0 aliphatic heterocycles. The summed E-state index contributed by atoms with van der Waals surface area (Å²) in [5.41, 5.74) is 2.73. The lowest BCUT2D eigenvalue weighted by atomic mass is 9.99. The summed E-state index contributed by atoms with van der Waals surface area (Å²) in [7, 11) is 1.54. The summed E-state index contributed by atoms with van der Waals surface area (Å²) in [6, 6.07) is 15.3. The van der Waals surface area contributed by atoms with Crippen molar-refractivity contribution in [1.29, 1.82) is 0 Å². The number of ether oxygens (including phenoxy) is 1. The molecular weight excluding hydrogens is 376 g/mol. The molecule has 1 heterocycles. The van der Waals surface area contributed by atoms with Gasteiger partial charge in [0.05, 0.1) is 11.5 Å². The molecule has 0 unspecified atom stereocenters. The summed E-state index contributed by atoms with van der Waals surface area (Å²) in [6.45, 7) is 1.94. The zero-order valence-corrected chi connectivity index (χ0v) is 15.3. The first-order chi connectivity index (χ1) is 12.4. The fraction of sp³-hybridized carbons (Fsp3) is 0.111. The maximum absolute atomic E-state index is 12.3. The number of H-pyrrole nitrogens is 1. The predicted molar refractivity (Wildman–Crippen MR) is 98.5 cm³/mol. The van der Waals surface area contributed by atoms with E-state index < -0.39 is 15.0 Å². The Balaban J connectivity index is 2.17. The van der Waals surface area contributed by atoms with Crippen LogP contribution in [0, 0.1) is 0 Å². The van der Waals surface area contributed by atoms with Gasteiger partial charge in [-0.25, -0.2) is 13.2 Å². The Kier molecular flexibility index (Phi) is 5.11. The van der Waals surface area contributed by atoms with Gasteiger partial charge in [-0.1, -0.05) is 42.5 Å². The van der Waals surface area contributed by atoms with Crippen LogP contribution < -0.4 is 0 Å². The molecule has 134 valence electrons. The second-order valence-corrected chi connectivity index (χ2v) is 7.94. The third-order valence-corrected chi connectivity index (χ3v) is 5.09. The Morgan fingerprint density at radius 2 is 1.73 bits per heavy atom. The Morgan fingerprint density at radius 3 is 2.31 bits per heavy atom. The van der Waals surface area contributed by atoms with Crippen molar-refractivity contribution in [3.63, 3.8) is 0 Å². The van der Waals surface area contributed by atoms with Gasteiger partial charge in [0, 0.05) is 21.8 Å². The minimum atomic E-state index is -3.83. The summed E-state index contributed by atoms with van der Waals surface area (Å²) in [5.74, 6) is -0.536. The molecule has 0 aliphatic carbocycles. The van der Waals surface area contributed by atoms with Crippen molar-refractivity contribution in [1.82, 2.24) is 10.2 Å². The highest BCUT2D eigenvalue weighted by atomic mass is 35.7. The Bertz CT molecular complexity index is 1030. The number of rotatable bonds is 5. The van der Waals surface area contributed by atoms with Gasteiger partial charge in [0.2, 0.25) is 0 Å². The van der Waals surface area contributed by atoms with E-state index in [0.717, 1.165) is 5.56 Å². The molecule has 0 saturated carbocycles. The van der Waals surface area contributed by atoms with Crippen molar-refractivity contribution in [3.8, 4) is 22.4 Å². The Hall–Kier alpha value is -2.64. The molecule has 2 aromatic carbocycles. The van der Waals surface area contributed by atoms with Crippen LogP contribution in [0.15, 0.2) is 59.5 Å². The highest BCUT2D eigenvalue weighted by Crippen LogP contribution is 2.34. The molecule has 0 radical (unpaired) electrons. The number of carbonyl (C=O) groups excluding carboxylic acids is 1. The molecule has 0 aliphatic rings. The summed E-state index contributed by atoms with van der Waals surface area (Å²) in [5, 5.41) is 7.00. The fourth-order valence-electron chi connectivity index (χ4n) is 2.56. The molecule has 3 aromatic rings. The SMILES string of the molecule is CCOC(=O)c1[nH]nc(-c2ccccc2)c1-c1ccc(S(=O)(=O)Cl)cc1. The van der Waals surface area contributed by atoms with Crippen molar-refractivity contribution < 1.29 is 17.9 Å². The zero-order valence-electron chi connectivity index (χ0n) is 13.8. The van der Waals surface area contributed by atoms with Crippen LogP contribution in [0.3, 0.4) is 0 Å². The van der Waals surface area contributed by atoms with Gasteiger partial charge < -0.3 is 4.74 Å². The average Bonchev–Trinajstić information content (AvgIpc) is 3.07. The minimum absolute atomic E-state index is 0.0228. The number of benzene rings is 2. The number of nitrogens with one attached hydrogen (secondary N) is 1. The number of carbonyl (C=O) groups is 1. The molecule has 0 fully saturated rings. The lowest BCUT2D eigenvalue weighted by Gasteiger charge is -2.07. The van der Waals surface area contributed by atoms with Gasteiger partial charge >= 0.3 is 5.97 Å². The lowest BCUT2D eigenvalue weighted by molar-refractivity contribution is 0.0520. The van der Waals surface area contributed by atoms with E-state index in [0.29, 0.717) is 16.8 Å². The Morgan fingerprint density at radius 1 is 1.08 bits per heavy atom. The van der Waals surface area contributed by atoms with Gasteiger partial charge in [-0.05, 0) is 24.6 Å². The molecule has 3 rings (SSSR count). The van der Waals surface area contributed by atoms with Gasteiger partial charge in [-0.15, -0.1) is 0 Å². The molecule has 0 spiro atoms. The van der Waals surface area contributed by atoms with Crippen LogP contribution in [0.4, 0.5) is 0 Å². The molecule has 0 atom stereocenters. The normalized spacial score (nSPS) is 11.3. The topological polar surface area (TPSA) is 89.1 Å². The van der Waals surface area contributed by atoms with Gasteiger partial charge in [-0.2, -0.15) is 5.10 Å². The second kappa shape index (κ2) is 7.31. The fourth-order valence-corrected chi connectivity index (χ4v) is 3.33. The minimum Gasteiger partial charge on any atom is -0.461 e. The monoisotopic (exact) mass is 390 g/mol. The summed E-state index contributed by atoms with van der Waals surface area (Å²) in [4.78, 5) is 12.3. The van der Waals surface area contributed by atoms with Gasteiger partial charge in [-0.3, -0.25) is 5.10 Å². The third kappa shape index (κ3) is 3.63. The van der Waals surface area contributed by atoms with Crippen LogP contribution >= 0.6 is 10.7 Å². The molecule has 0 amide bonds. The zero-order chi connectivity index (χ0) is 18.7. The molecule has 26 heavy (non-hydrogen) atoms. The molecule has 1 N–H and O–H groups in total. The van der Waals surface area contributed by atoms with E-state index in [1.165, 1.54) is 12.1 Å². The van der Waals surface area contributed by atoms with Crippen LogP contribution in [-0.4, -0.2) is 31.2 Å². The van der Waals surface area contributed by atoms with Gasteiger partial charge in [0.1, 0.15) is 5.69 Å². The van der Waals surface area contributed by atoms with E-state index in [1.807, 2.05) is 30.3 Å². The van der Waals surface area contributed by atoms with Crippen molar-refractivity contribution in [2.75, 3.05) is 6.61 Å². The number of aromatic nitrogens is 2. The van der Waals surface area contributed by atoms with Gasteiger partial charge in [0.25, 0.3) is 9.05 Å². The second-order valence-electron chi connectivity index (χ2n) is 5.37. The standard InChI is InChI=1S/C18H15ClN2O4S/c1-2-25-18(22)17-15(12-8-10-14(11-9-12)26(19,23)24)16(20-21-17)13-6-4-3-5-7-13/h3-11H,2H2,1H3,(H,20,21). The molecule has 6 nitrogen and oxygen atoms in total. The largest absolute Gasteiger partial charge is 0.461 e. The predicted octanol–water partition coefficient (Wildman–Crippen LogP) is 3.85. The Labute approximate surface area is 155 Å². The van der Waals surface area contributed by atoms with Crippen LogP contribution in [0.2, 0.25) is 0 Å². The summed E-state index contributed by atoms with van der Waals surface area (Å²) >= 11 is 0. The number of nitrogens with zero attached hydrogens (tertiary/aromatic N) is 1. The molecule has 0 bridgehead atoms. The van der Waals surface area contributed by atoms with Crippen molar-refractivity contribution in [2.24, 2.45) is 0 Å². The number of halogens is 1. The maximum atomic E-state index is 12.3. The lowest BCUT2D eigenvalue weighted by Crippen LogP contribution is -2.06. The van der Waals surface area contributed by atoms with E-state index in [-0.39, 0.29) is 17.2 Å². The quantitative estimate of drug-likeness (QED) is 0.528. The maximum Gasteiger partial charge on any atom is 0.357 e. The highest BCUT2D eigenvalue weighted by Gasteiger charge is 2.23. The first-order valence-electron chi connectivity index (χ1n) is 7.78. The number of hydrogen-bond donors (Lipinski definition) is 1. The van der Waals surface area contributed by atoms with E-state index in [2.05, 4.69) is 10.2 Å². The van der Waals surface area contributed by atoms with Crippen molar-refractivity contribution in [3.05, 3.63) is 60.3 Å². The number of hydrogen-bond acceptors (Lipinski definition) is 5. The van der Waals surface area contributed by atoms with Crippen molar-refractivity contribution in [2.45, 2.75) is 11.8 Å². The third-order valence-electron chi connectivity index (χ3n) is 3.72. The molecule has 1 aromatic heterocycles. The number of aromatic amines is 1. The highest BCUT2D eigenvalue weighted by molar-refractivity contribution is 8.13. The average molecular weight is 391 g/mol. The van der Waals surface area contributed by atoms with Crippen molar-refractivity contribution >= 4 is 25.7 Å². The van der Waals surface area contributed by atoms with E-state index in [1.54, 1.807) is 19.1 Å². The van der Waals surface area contributed by atoms with E-state index in [4.69, 9.17) is 15.4 Å². The molecule has 0 saturated heterocycles. The van der Waals surface area contributed by atoms with Crippen LogP contribution in [0.25, 0.3) is 22.4 Å². The first kappa shape index (κ1) is 18.2. The summed E-state index contributed by atoms with van der Waals surface area (Å²) < 4.78 is 28.0. The van der Waals surface area contributed by atoms with Crippen LogP contribution in [0.1, 0.15) is 17.4 Å².